The van der Waals surface area contributed by atoms with Gasteiger partial charge in [-0.3, -0.25) is 4.79 Å². The number of aromatic nitrogens is 3. The van der Waals surface area contributed by atoms with Crippen molar-refractivity contribution < 1.29 is 32.6 Å². The summed E-state index contributed by atoms with van der Waals surface area (Å²) in [5.41, 5.74) is 1.31. The Labute approximate surface area is 248 Å². The first-order chi connectivity index (χ1) is 21.2. The zero-order valence-corrected chi connectivity index (χ0v) is 22.9. The number of nitrogens with one attached hydrogen (secondary N) is 1. The molecular weight excluding hydrogens is 575 g/mol. The zero-order valence-electron chi connectivity index (χ0n) is 22.9. The largest absolute Gasteiger partial charge is 0.478 e. The molecule has 1 aliphatic rings. The van der Waals surface area contributed by atoms with Crippen LogP contribution in [0.3, 0.4) is 0 Å². The lowest BCUT2D eigenvalue weighted by molar-refractivity contribution is -0.119. The van der Waals surface area contributed by atoms with Gasteiger partial charge in [0.1, 0.15) is 29.9 Å². The summed E-state index contributed by atoms with van der Waals surface area (Å²) < 4.78 is 52.5. The molecule has 1 saturated heterocycles. The van der Waals surface area contributed by atoms with Gasteiger partial charge < -0.3 is 19.7 Å². The summed E-state index contributed by atoms with van der Waals surface area (Å²) in [4.78, 5) is 32.4. The van der Waals surface area contributed by atoms with Gasteiger partial charge in [-0.2, -0.15) is 5.26 Å². The van der Waals surface area contributed by atoms with Crippen molar-refractivity contribution in [2.24, 2.45) is 0 Å². The number of fused-ring (bicyclic) bond motifs is 1. The minimum Gasteiger partial charge on any atom is -0.478 e. The Morgan fingerprint density at radius 3 is 2.57 bits per heavy atom. The fraction of sp³-hybridized carbons (Fsp3) is 0.156. The third kappa shape index (κ3) is 5.55. The van der Waals surface area contributed by atoms with Crippen LogP contribution in [0.5, 0.6) is 5.88 Å². The minimum absolute atomic E-state index is 0.00208. The monoisotopic (exact) mass is 597 g/mol. The number of ether oxygens (including phenoxy) is 1. The number of carbonyl (C=O) groups excluding carboxylic acids is 1. The maximum Gasteiger partial charge on any atom is 0.335 e. The summed E-state index contributed by atoms with van der Waals surface area (Å²) in [6, 6.07) is 16.4. The predicted molar refractivity (Wildman–Crippen MR) is 151 cm³/mol. The van der Waals surface area contributed by atoms with Crippen LogP contribution < -0.4 is 10.1 Å². The normalized spacial score (nSPS) is 14.4. The number of carboxylic acids is 1. The SMILES string of the molecule is N#Cc1ccc(COc2cccc(-c3cc(F)c(Cc4nc5ccc(C(=O)O)cc5n4[C@@H]4CNC(=O)C4)cc3F)n2)c(F)c1. The Kier molecular flexibility index (Phi) is 7.45. The number of pyridine rings is 1. The molecule has 0 radical (unpaired) electrons. The Morgan fingerprint density at radius 1 is 1.02 bits per heavy atom. The van der Waals surface area contributed by atoms with Crippen molar-refractivity contribution in [3.8, 4) is 23.2 Å². The zero-order chi connectivity index (χ0) is 31.0. The molecule has 3 aromatic carbocycles. The number of hydrogen-bond acceptors (Lipinski definition) is 6. The molecular formula is C32H22F3N5O4. The number of carboxylic acid groups (broad SMARTS) is 1. The van der Waals surface area contributed by atoms with Gasteiger partial charge >= 0.3 is 5.97 Å². The highest BCUT2D eigenvalue weighted by Crippen LogP contribution is 2.31. The minimum atomic E-state index is -1.13. The number of hydrogen-bond donors (Lipinski definition) is 2. The first kappa shape index (κ1) is 28.4. The number of nitriles is 1. The lowest BCUT2D eigenvalue weighted by atomic mass is 10.0. The van der Waals surface area contributed by atoms with Crippen molar-refractivity contribution in [2.45, 2.75) is 25.5 Å². The highest BCUT2D eigenvalue weighted by atomic mass is 19.1. The summed E-state index contributed by atoms with van der Waals surface area (Å²) in [6.45, 7) is 0.0904. The standard InChI is InChI=1S/C32H22F3N5O4/c33-23-8-17(14-36)4-5-19(23)16-44-31-3-1-2-26(39-31)22-13-24(34)20(9-25(22)35)11-29-38-27-7-6-18(32(42)43)10-28(27)40(29)21-12-30(41)37-15-21/h1-10,13,21H,11-12,15-16H2,(H,37,41)(H,42,43)/t21-/m0/s1. The molecule has 44 heavy (non-hydrogen) atoms. The van der Waals surface area contributed by atoms with Crippen molar-refractivity contribution in [1.82, 2.24) is 19.9 Å². The smallest absolute Gasteiger partial charge is 0.335 e. The van der Waals surface area contributed by atoms with E-state index in [1.165, 1.54) is 36.4 Å². The fourth-order valence-corrected chi connectivity index (χ4v) is 5.20. The van der Waals surface area contributed by atoms with E-state index in [1.54, 1.807) is 16.7 Å². The summed E-state index contributed by atoms with van der Waals surface area (Å²) in [5, 5.41) is 21.1. The second kappa shape index (κ2) is 11.5. The lowest BCUT2D eigenvalue weighted by Crippen LogP contribution is -2.17. The first-order valence-electron chi connectivity index (χ1n) is 13.5. The fourth-order valence-electron chi connectivity index (χ4n) is 5.20. The van der Waals surface area contributed by atoms with Gasteiger partial charge in [0.05, 0.1) is 40.0 Å². The molecule has 1 fully saturated rings. The van der Waals surface area contributed by atoms with Gasteiger partial charge in [-0.05, 0) is 54.1 Å². The van der Waals surface area contributed by atoms with Gasteiger partial charge in [0.15, 0.2) is 0 Å². The molecule has 1 amide bonds. The summed E-state index contributed by atoms with van der Waals surface area (Å²) >= 11 is 0. The van der Waals surface area contributed by atoms with Crippen LogP contribution in [-0.2, 0) is 17.8 Å². The number of carbonyl (C=O) groups is 2. The van der Waals surface area contributed by atoms with E-state index in [-0.39, 0.29) is 77.3 Å². The molecule has 0 unspecified atom stereocenters. The molecule has 5 aromatic rings. The van der Waals surface area contributed by atoms with Crippen LogP contribution in [0.15, 0.2) is 66.7 Å². The molecule has 6 rings (SSSR count). The van der Waals surface area contributed by atoms with Gasteiger partial charge in [-0.25, -0.2) is 27.9 Å². The van der Waals surface area contributed by atoms with E-state index in [0.29, 0.717) is 16.9 Å². The van der Waals surface area contributed by atoms with E-state index >= 15 is 8.78 Å². The highest BCUT2D eigenvalue weighted by molar-refractivity contribution is 5.92. The van der Waals surface area contributed by atoms with Crippen LogP contribution in [0.4, 0.5) is 13.2 Å². The predicted octanol–water partition coefficient (Wildman–Crippen LogP) is 5.32. The Balaban J connectivity index is 1.28. The van der Waals surface area contributed by atoms with Crippen LogP contribution in [0, 0.1) is 28.8 Å². The van der Waals surface area contributed by atoms with E-state index in [0.717, 1.165) is 18.2 Å². The summed E-state index contributed by atoms with van der Waals surface area (Å²) in [5.74, 6) is -2.99. The molecule has 3 heterocycles. The van der Waals surface area contributed by atoms with Crippen molar-refractivity contribution in [3.05, 3.63) is 112 Å². The maximum atomic E-state index is 15.5. The molecule has 220 valence electrons. The molecule has 1 atom stereocenters. The average molecular weight is 598 g/mol. The van der Waals surface area contributed by atoms with Crippen molar-refractivity contribution in [2.75, 3.05) is 6.54 Å². The summed E-state index contributed by atoms with van der Waals surface area (Å²) in [6.07, 6.45) is 0.00494. The van der Waals surface area contributed by atoms with Gasteiger partial charge in [-0.1, -0.05) is 12.1 Å². The molecule has 0 spiro atoms. The van der Waals surface area contributed by atoms with Crippen molar-refractivity contribution in [3.63, 3.8) is 0 Å². The summed E-state index contributed by atoms with van der Waals surface area (Å²) in [7, 11) is 0. The molecule has 2 aromatic heterocycles. The van der Waals surface area contributed by atoms with Crippen LogP contribution in [0.25, 0.3) is 22.3 Å². The van der Waals surface area contributed by atoms with Crippen LogP contribution in [0.2, 0.25) is 0 Å². The molecule has 9 nitrogen and oxygen atoms in total. The Bertz CT molecular complexity index is 2000. The van der Waals surface area contributed by atoms with Crippen LogP contribution in [0.1, 0.15) is 45.3 Å². The number of rotatable bonds is 8. The molecule has 12 heteroatoms. The van der Waals surface area contributed by atoms with E-state index < -0.39 is 23.4 Å². The second-order valence-corrected chi connectivity index (χ2v) is 10.2. The van der Waals surface area contributed by atoms with E-state index in [1.807, 2.05) is 6.07 Å². The van der Waals surface area contributed by atoms with Gasteiger partial charge in [-0.15, -0.1) is 0 Å². The molecule has 0 bridgehead atoms. The third-order valence-electron chi connectivity index (χ3n) is 7.37. The average Bonchev–Trinajstić information content (AvgIpc) is 3.60. The third-order valence-corrected chi connectivity index (χ3v) is 7.37. The molecule has 2 N–H and O–H groups in total. The first-order valence-corrected chi connectivity index (χ1v) is 13.5. The van der Waals surface area contributed by atoms with Crippen LogP contribution in [-0.4, -0.2) is 38.1 Å². The molecule has 1 aliphatic heterocycles. The quantitative estimate of drug-likeness (QED) is 0.248. The second-order valence-electron chi connectivity index (χ2n) is 10.2. The Hall–Kier alpha value is -5.70. The number of imidazole rings is 1. The van der Waals surface area contributed by atoms with Crippen molar-refractivity contribution >= 4 is 22.9 Å². The van der Waals surface area contributed by atoms with E-state index in [9.17, 15) is 19.1 Å². The molecule has 0 saturated carbocycles. The number of aromatic carboxylic acids is 1. The van der Waals surface area contributed by atoms with Crippen molar-refractivity contribution in [1.29, 1.82) is 5.26 Å². The van der Waals surface area contributed by atoms with E-state index in [4.69, 9.17) is 10.00 Å². The molecule has 0 aliphatic carbocycles. The van der Waals surface area contributed by atoms with E-state index in [2.05, 4.69) is 15.3 Å². The maximum absolute atomic E-state index is 15.5. The number of nitrogens with zero attached hydrogens (tertiary/aromatic N) is 4. The van der Waals surface area contributed by atoms with Gasteiger partial charge in [0.25, 0.3) is 0 Å². The number of amides is 1. The van der Waals surface area contributed by atoms with Gasteiger partial charge in [0.2, 0.25) is 11.8 Å². The highest BCUT2D eigenvalue weighted by Gasteiger charge is 2.28. The lowest BCUT2D eigenvalue weighted by Gasteiger charge is -2.16. The van der Waals surface area contributed by atoms with Gasteiger partial charge in [0, 0.05) is 36.6 Å². The number of benzene rings is 3. The number of halogens is 3. The topological polar surface area (TPSA) is 130 Å². The van der Waals surface area contributed by atoms with Crippen LogP contribution >= 0.6 is 0 Å². The Morgan fingerprint density at radius 2 is 1.84 bits per heavy atom.